The number of halogens is 1. The normalized spacial score (nSPS) is 15.0. The van der Waals surface area contributed by atoms with E-state index in [9.17, 15) is 19.1 Å². The molecule has 1 aliphatic rings. The largest absolute Gasteiger partial charge is 0.503 e. The average molecular weight is 646 g/mol. The quantitative estimate of drug-likeness (QED) is 0.0902. The molecular weight excluding hydrogens is 614 g/mol. The number of rotatable bonds is 13. The van der Waals surface area contributed by atoms with Crippen molar-refractivity contribution in [3.05, 3.63) is 113 Å². The van der Waals surface area contributed by atoms with E-state index in [4.69, 9.17) is 9.47 Å². The van der Waals surface area contributed by atoms with Crippen molar-refractivity contribution in [3.63, 3.8) is 0 Å². The van der Waals surface area contributed by atoms with Crippen molar-refractivity contribution in [2.24, 2.45) is 5.92 Å². The Morgan fingerprint density at radius 3 is 2.58 bits per heavy atom. The minimum Gasteiger partial charge on any atom is -0.503 e. The number of carbonyl (C=O) groups is 2. The molecule has 11 heteroatoms. The van der Waals surface area contributed by atoms with Gasteiger partial charge in [-0.3, -0.25) is 14.5 Å². The lowest BCUT2D eigenvalue weighted by molar-refractivity contribution is -0.117. The van der Waals surface area contributed by atoms with Gasteiger partial charge in [-0.2, -0.15) is 0 Å². The van der Waals surface area contributed by atoms with Crippen molar-refractivity contribution in [2.75, 3.05) is 18.6 Å². The number of nitrogens with zero attached hydrogens (tertiary/aromatic N) is 3. The Balaban J connectivity index is 1.49. The number of benzene rings is 3. The van der Waals surface area contributed by atoms with E-state index in [0.29, 0.717) is 45.2 Å². The number of thioether (sulfide) groups is 1. The van der Waals surface area contributed by atoms with Gasteiger partial charge >= 0.3 is 0 Å². The van der Waals surface area contributed by atoms with Crippen LogP contribution in [0.25, 0.3) is 6.08 Å². The highest BCUT2D eigenvalue weighted by Gasteiger charge is 2.45. The van der Waals surface area contributed by atoms with Crippen LogP contribution in [0, 0.1) is 11.7 Å². The lowest BCUT2D eigenvalue weighted by Gasteiger charge is -2.24. The molecule has 45 heavy (non-hydrogen) atoms. The Morgan fingerprint density at radius 1 is 1.09 bits per heavy atom. The van der Waals surface area contributed by atoms with Crippen LogP contribution in [0.5, 0.6) is 11.5 Å². The number of methoxy groups -OCH3 is 1. The first-order valence-electron chi connectivity index (χ1n) is 14.3. The summed E-state index contributed by atoms with van der Waals surface area (Å²) < 4.78 is 26.2. The number of aromatic nitrogens is 2. The van der Waals surface area contributed by atoms with E-state index in [2.05, 4.69) is 24.0 Å². The molecule has 0 radical (unpaired) electrons. The maximum Gasteiger partial charge on any atom is 0.296 e. The zero-order valence-corrected chi connectivity index (χ0v) is 26.6. The molecule has 0 spiro atoms. The summed E-state index contributed by atoms with van der Waals surface area (Å²) >= 11 is 2.38. The molecule has 2 heterocycles. The number of carbonyl (C=O) groups excluding carboxylic acids is 2. The van der Waals surface area contributed by atoms with Crippen LogP contribution in [-0.2, 0) is 15.3 Å². The molecule has 1 atom stereocenters. The molecule has 4 aromatic rings. The molecule has 0 saturated heterocycles. The first kappa shape index (κ1) is 31.9. The fraction of sp³-hybridized carbons (Fsp3) is 0.235. The van der Waals surface area contributed by atoms with E-state index in [0.717, 1.165) is 23.3 Å². The summed E-state index contributed by atoms with van der Waals surface area (Å²) in [5.74, 6) is -0.607. The summed E-state index contributed by atoms with van der Waals surface area (Å²) in [4.78, 5) is 28.5. The maximum atomic E-state index is 14.2. The molecule has 1 aromatic heterocycles. The van der Waals surface area contributed by atoms with Gasteiger partial charge in [-0.25, -0.2) is 4.39 Å². The molecule has 1 amide bonds. The highest BCUT2D eigenvalue weighted by molar-refractivity contribution is 8.00. The molecular formula is C34H32FN3O5S2. The van der Waals surface area contributed by atoms with E-state index in [-0.39, 0.29) is 16.5 Å². The highest BCUT2D eigenvalue weighted by Crippen LogP contribution is 2.45. The number of hydrogen-bond acceptors (Lipinski definition) is 9. The first-order chi connectivity index (χ1) is 21.8. The highest BCUT2D eigenvalue weighted by atomic mass is 32.2. The average Bonchev–Trinajstić information content (AvgIpc) is 3.61. The van der Waals surface area contributed by atoms with Gasteiger partial charge in [0.25, 0.3) is 5.91 Å². The molecule has 0 fully saturated rings. The topological polar surface area (TPSA) is 102 Å². The molecule has 1 aliphatic heterocycles. The van der Waals surface area contributed by atoms with Crippen LogP contribution in [0.4, 0.5) is 9.52 Å². The van der Waals surface area contributed by atoms with Crippen molar-refractivity contribution >= 4 is 46.0 Å². The van der Waals surface area contributed by atoms with Crippen LogP contribution in [0.15, 0.2) is 94.5 Å². The molecule has 5 rings (SSSR count). The second kappa shape index (κ2) is 14.5. The second-order valence-corrected chi connectivity index (χ2v) is 12.8. The third-order valence-corrected chi connectivity index (χ3v) is 9.17. The summed E-state index contributed by atoms with van der Waals surface area (Å²) in [5.41, 5.74) is 1.70. The molecule has 0 bridgehead atoms. The van der Waals surface area contributed by atoms with Crippen molar-refractivity contribution in [1.29, 1.82) is 0 Å². The number of ether oxygens (including phenoxy) is 2. The van der Waals surface area contributed by atoms with Gasteiger partial charge in [0.1, 0.15) is 5.82 Å². The molecule has 1 unspecified atom stereocenters. The number of amides is 1. The Kier molecular flexibility index (Phi) is 10.3. The molecule has 1 N–H and O–H groups in total. The van der Waals surface area contributed by atoms with E-state index in [1.54, 1.807) is 42.5 Å². The van der Waals surface area contributed by atoms with Crippen molar-refractivity contribution in [2.45, 2.75) is 36.4 Å². The zero-order valence-electron chi connectivity index (χ0n) is 25.0. The first-order valence-corrected chi connectivity index (χ1v) is 16.1. The van der Waals surface area contributed by atoms with Crippen LogP contribution < -0.4 is 14.4 Å². The van der Waals surface area contributed by atoms with Crippen molar-refractivity contribution in [1.82, 2.24) is 10.2 Å². The van der Waals surface area contributed by atoms with Gasteiger partial charge in [-0.05, 0) is 53.3 Å². The lowest BCUT2D eigenvalue weighted by atomic mass is 9.95. The third-order valence-electron chi connectivity index (χ3n) is 7.07. The summed E-state index contributed by atoms with van der Waals surface area (Å²) in [7, 11) is 1.51. The Labute approximate surface area is 269 Å². The van der Waals surface area contributed by atoms with Gasteiger partial charge in [-0.15, -0.1) is 10.2 Å². The molecule has 3 aromatic carbocycles. The Hall–Kier alpha value is -4.48. The monoisotopic (exact) mass is 645 g/mol. The zero-order chi connectivity index (χ0) is 31.9. The van der Waals surface area contributed by atoms with Crippen LogP contribution >= 0.6 is 23.1 Å². The minimum absolute atomic E-state index is 0.0986. The van der Waals surface area contributed by atoms with E-state index in [1.165, 1.54) is 35.9 Å². The summed E-state index contributed by atoms with van der Waals surface area (Å²) in [6.45, 7) is 4.71. The lowest BCUT2D eigenvalue weighted by Crippen LogP contribution is -2.30. The number of aliphatic hydroxyl groups excluding tert-OH is 1. The van der Waals surface area contributed by atoms with Crippen LogP contribution in [0.1, 0.15) is 43.0 Å². The van der Waals surface area contributed by atoms with Gasteiger partial charge in [-0.1, -0.05) is 97.6 Å². The number of allylic oxidation sites excluding steroid dienone is 1. The van der Waals surface area contributed by atoms with Crippen LogP contribution in [0.3, 0.4) is 0 Å². The standard InChI is InChI=1S/C34H32FN3O5S2/c1-21(2)17-18-43-27-16-14-23(19-28(27)42-3)30-29(26(39)15-13-22-9-5-4-6-10-22)31(40)32(41)38(30)33-36-37-34(45-33)44-20-24-11-7-8-12-25(24)35/h4-16,19,21,30,40H,17-18,20H2,1-3H3. The predicted octanol–water partition coefficient (Wildman–Crippen LogP) is 7.59. The molecule has 8 nitrogen and oxygen atoms in total. The number of aliphatic hydroxyl groups is 1. The number of hydrogen-bond donors (Lipinski definition) is 1. The minimum atomic E-state index is -1.03. The second-order valence-electron chi connectivity index (χ2n) is 10.6. The summed E-state index contributed by atoms with van der Waals surface area (Å²) in [6, 6.07) is 19.8. The maximum absolute atomic E-state index is 14.2. The predicted molar refractivity (Wildman–Crippen MR) is 174 cm³/mol. The Morgan fingerprint density at radius 2 is 1.84 bits per heavy atom. The summed E-state index contributed by atoms with van der Waals surface area (Å²) in [6.07, 6.45) is 3.82. The fourth-order valence-corrected chi connectivity index (χ4v) is 6.54. The smallest absolute Gasteiger partial charge is 0.296 e. The van der Waals surface area contributed by atoms with E-state index >= 15 is 0 Å². The number of anilines is 1. The van der Waals surface area contributed by atoms with Crippen molar-refractivity contribution in [3.8, 4) is 11.5 Å². The third kappa shape index (κ3) is 7.43. The van der Waals surface area contributed by atoms with Gasteiger partial charge < -0.3 is 14.6 Å². The van der Waals surface area contributed by atoms with Crippen molar-refractivity contribution < 1.29 is 28.6 Å². The number of ketones is 1. The molecule has 0 saturated carbocycles. The van der Waals surface area contributed by atoms with Gasteiger partial charge in [0, 0.05) is 5.75 Å². The van der Waals surface area contributed by atoms with Gasteiger partial charge in [0.05, 0.1) is 25.3 Å². The van der Waals surface area contributed by atoms with Gasteiger partial charge in [0.15, 0.2) is 27.4 Å². The van der Waals surface area contributed by atoms with E-state index in [1.807, 2.05) is 30.3 Å². The fourth-order valence-electron chi connectivity index (χ4n) is 4.69. The Bertz CT molecular complexity index is 1740. The van der Waals surface area contributed by atoms with Gasteiger partial charge in [0.2, 0.25) is 5.13 Å². The van der Waals surface area contributed by atoms with E-state index < -0.39 is 23.5 Å². The molecule has 0 aliphatic carbocycles. The van der Waals surface area contributed by atoms with Crippen LogP contribution in [0.2, 0.25) is 0 Å². The summed E-state index contributed by atoms with van der Waals surface area (Å²) in [5, 5.41) is 19.7. The SMILES string of the molecule is COc1cc(C2C(C(=O)C=Cc3ccccc3)=C(O)C(=O)N2c2nnc(SCc3ccccc3F)s2)ccc1OCCC(C)C. The van der Waals surface area contributed by atoms with Crippen LogP contribution in [-0.4, -0.2) is 40.7 Å². The molecule has 232 valence electrons.